The van der Waals surface area contributed by atoms with Crippen molar-refractivity contribution in [2.45, 2.75) is 31.8 Å². The lowest BCUT2D eigenvalue weighted by atomic mass is 9.92. The van der Waals surface area contributed by atoms with E-state index in [1.807, 2.05) is 0 Å². The third-order valence-electron chi connectivity index (χ3n) is 5.17. The van der Waals surface area contributed by atoms with Crippen molar-refractivity contribution in [2.75, 3.05) is 19.6 Å². The van der Waals surface area contributed by atoms with Gasteiger partial charge >= 0.3 is 6.03 Å². The van der Waals surface area contributed by atoms with Gasteiger partial charge in [0.25, 0.3) is 5.91 Å². The van der Waals surface area contributed by atoms with Gasteiger partial charge in [0.05, 0.1) is 0 Å². The van der Waals surface area contributed by atoms with E-state index in [0.717, 1.165) is 17.9 Å². The standard InChI is InChI=1S/C18H23FN4O3.ClH/c1-11-7-8-20-9-14(11)21-15(24)10-23-16(25)18(2,22-17(23)26)12-3-5-13(19)6-4-12;/h3-6,11,14,20H,7-10H2,1-2H3,(H,21,24)(H,22,26);1H. The molecule has 3 unspecified atom stereocenters. The molecule has 0 saturated carbocycles. The van der Waals surface area contributed by atoms with Crippen LogP contribution in [-0.2, 0) is 15.1 Å². The Hall–Kier alpha value is -2.19. The van der Waals surface area contributed by atoms with Crippen molar-refractivity contribution >= 4 is 30.3 Å². The lowest BCUT2D eigenvalue weighted by Gasteiger charge is -2.30. The van der Waals surface area contributed by atoms with Crippen LogP contribution in [0.3, 0.4) is 0 Å². The number of amides is 4. The van der Waals surface area contributed by atoms with Gasteiger partial charge in [-0.15, -0.1) is 12.4 Å². The average Bonchev–Trinajstić information content (AvgIpc) is 2.82. The molecule has 1 aromatic carbocycles. The number of imide groups is 1. The first-order valence-corrected chi connectivity index (χ1v) is 8.71. The van der Waals surface area contributed by atoms with Crippen molar-refractivity contribution in [1.82, 2.24) is 20.9 Å². The lowest BCUT2D eigenvalue weighted by Crippen LogP contribution is -2.53. The first-order chi connectivity index (χ1) is 12.3. The largest absolute Gasteiger partial charge is 0.350 e. The second-order valence-corrected chi connectivity index (χ2v) is 7.10. The van der Waals surface area contributed by atoms with E-state index in [-0.39, 0.29) is 30.9 Å². The van der Waals surface area contributed by atoms with Crippen molar-refractivity contribution in [3.63, 3.8) is 0 Å². The van der Waals surface area contributed by atoms with Crippen LogP contribution in [-0.4, -0.2) is 48.4 Å². The molecule has 0 radical (unpaired) electrons. The van der Waals surface area contributed by atoms with Gasteiger partial charge in [0.15, 0.2) is 0 Å². The Kier molecular flexibility index (Phi) is 6.43. The minimum atomic E-state index is -1.31. The molecule has 0 aromatic heterocycles. The molecule has 3 rings (SSSR count). The Bertz CT molecular complexity index is 730. The molecule has 9 heteroatoms. The highest BCUT2D eigenvalue weighted by Crippen LogP contribution is 2.28. The Morgan fingerprint density at radius 2 is 2.00 bits per heavy atom. The number of hydrogen-bond donors (Lipinski definition) is 3. The Morgan fingerprint density at radius 3 is 2.63 bits per heavy atom. The fraction of sp³-hybridized carbons (Fsp3) is 0.500. The molecular weight excluding hydrogens is 375 g/mol. The maximum Gasteiger partial charge on any atom is 0.325 e. The summed E-state index contributed by atoms with van der Waals surface area (Å²) in [6.07, 6.45) is 0.955. The monoisotopic (exact) mass is 398 g/mol. The molecule has 0 spiro atoms. The van der Waals surface area contributed by atoms with Crippen LogP contribution in [0.4, 0.5) is 9.18 Å². The van der Waals surface area contributed by atoms with E-state index in [0.29, 0.717) is 18.0 Å². The van der Waals surface area contributed by atoms with Crippen LogP contribution in [0.2, 0.25) is 0 Å². The number of carbonyl (C=O) groups excluding carboxylic acids is 3. The fourth-order valence-electron chi connectivity index (χ4n) is 3.40. The summed E-state index contributed by atoms with van der Waals surface area (Å²) in [6, 6.07) is 4.70. The summed E-state index contributed by atoms with van der Waals surface area (Å²) < 4.78 is 13.1. The van der Waals surface area contributed by atoms with E-state index in [1.165, 1.54) is 24.3 Å². The van der Waals surface area contributed by atoms with Crippen LogP contribution < -0.4 is 16.0 Å². The first kappa shape index (κ1) is 21.1. The number of nitrogens with one attached hydrogen (secondary N) is 3. The maximum absolute atomic E-state index is 13.1. The minimum Gasteiger partial charge on any atom is -0.350 e. The van der Waals surface area contributed by atoms with Gasteiger partial charge in [0, 0.05) is 12.6 Å². The van der Waals surface area contributed by atoms with Crippen LogP contribution in [0, 0.1) is 11.7 Å². The number of halogens is 2. The highest BCUT2D eigenvalue weighted by atomic mass is 35.5. The molecule has 2 aliphatic heterocycles. The predicted molar refractivity (Wildman–Crippen MR) is 99.8 cm³/mol. The first-order valence-electron chi connectivity index (χ1n) is 8.71. The zero-order chi connectivity index (χ0) is 18.9. The number of benzene rings is 1. The molecule has 4 amide bonds. The third-order valence-corrected chi connectivity index (χ3v) is 5.17. The van der Waals surface area contributed by atoms with E-state index in [2.05, 4.69) is 22.9 Å². The van der Waals surface area contributed by atoms with Crippen LogP contribution in [0.15, 0.2) is 24.3 Å². The van der Waals surface area contributed by atoms with Crippen LogP contribution >= 0.6 is 12.4 Å². The molecule has 7 nitrogen and oxygen atoms in total. The maximum atomic E-state index is 13.1. The highest BCUT2D eigenvalue weighted by Gasteiger charge is 2.49. The molecule has 3 N–H and O–H groups in total. The predicted octanol–water partition coefficient (Wildman–Crippen LogP) is 1.13. The minimum absolute atomic E-state index is 0. The summed E-state index contributed by atoms with van der Waals surface area (Å²) in [6.45, 7) is 4.85. The quantitative estimate of drug-likeness (QED) is 0.663. The SMILES string of the molecule is CC1CCNCC1NC(=O)CN1C(=O)NC(C)(c2ccc(F)cc2)C1=O.Cl. The second-order valence-electron chi connectivity index (χ2n) is 7.10. The summed E-state index contributed by atoms with van der Waals surface area (Å²) >= 11 is 0. The number of rotatable bonds is 4. The molecule has 2 fully saturated rings. The number of hydrogen-bond acceptors (Lipinski definition) is 4. The van der Waals surface area contributed by atoms with Crippen LogP contribution in [0.25, 0.3) is 0 Å². The normalized spacial score (nSPS) is 27.7. The molecule has 0 bridgehead atoms. The zero-order valence-corrected chi connectivity index (χ0v) is 16.1. The molecule has 0 aliphatic carbocycles. The average molecular weight is 399 g/mol. The molecule has 2 heterocycles. The molecule has 2 aliphatic rings. The van der Waals surface area contributed by atoms with Crippen molar-refractivity contribution < 1.29 is 18.8 Å². The van der Waals surface area contributed by atoms with Crippen LogP contribution in [0.1, 0.15) is 25.8 Å². The van der Waals surface area contributed by atoms with Crippen LogP contribution in [0.5, 0.6) is 0 Å². The smallest absolute Gasteiger partial charge is 0.325 e. The Balaban J connectivity index is 0.00000261. The molecule has 27 heavy (non-hydrogen) atoms. The molecule has 1 aromatic rings. The van der Waals surface area contributed by atoms with Gasteiger partial charge < -0.3 is 16.0 Å². The fourth-order valence-corrected chi connectivity index (χ4v) is 3.40. The van der Waals surface area contributed by atoms with E-state index in [9.17, 15) is 18.8 Å². The molecular formula is C18H24ClFN4O3. The number of piperidine rings is 1. The Morgan fingerprint density at radius 1 is 1.33 bits per heavy atom. The van der Waals surface area contributed by atoms with Gasteiger partial charge in [-0.25, -0.2) is 9.18 Å². The highest BCUT2D eigenvalue weighted by molar-refractivity contribution is 6.09. The van der Waals surface area contributed by atoms with Crippen molar-refractivity contribution in [1.29, 1.82) is 0 Å². The number of nitrogens with zero attached hydrogens (tertiary/aromatic N) is 1. The van der Waals surface area contributed by atoms with Crippen molar-refractivity contribution in [2.24, 2.45) is 5.92 Å². The van der Waals surface area contributed by atoms with Gasteiger partial charge in [0.1, 0.15) is 17.9 Å². The van der Waals surface area contributed by atoms with Crippen molar-refractivity contribution in [3.05, 3.63) is 35.6 Å². The summed E-state index contributed by atoms with van der Waals surface area (Å²) in [5.41, 5.74) is -0.852. The summed E-state index contributed by atoms with van der Waals surface area (Å²) in [5.74, 6) is -1.01. The van der Waals surface area contributed by atoms with Gasteiger partial charge in [-0.05, 0) is 43.5 Å². The molecule has 2 saturated heterocycles. The molecule has 148 valence electrons. The van der Waals surface area contributed by atoms with Gasteiger partial charge in [0.2, 0.25) is 5.91 Å². The van der Waals surface area contributed by atoms with Crippen molar-refractivity contribution in [3.8, 4) is 0 Å². The molecule has 3 atom stereocenters. The van der Waals surface area contributed by atoms with E-state index < -0.39 is 23.3 Å². The van der Waals surface area contributed by atoms with Gasteiger partial charge in [-0.1, -0.05) is 19.1 Å². The van der Waals surface area contributed by atoms with E-state index >= 15 is 0 Å². The van der Waals surface area contributed by atoms with E-state index in [1.54, 1.807) is 6.92 Å². The summed E-state index contributed by atoms with van der Waals surface area (Å²) in [4.78, 5) is 38.3. The third kappa shape index (κ3) is 4.22. The topological polar surface area (TPSA) is 90.5 Å². The number of carbonyl (C=O) groups is 3. The van der Waals surface area contributed by atoms with Gasteiger partial charge in [-0.3, -0.25) is 14.5 Å². The zero-order valence-electron chi connectivity index (χ0n) is 15.3. The number of urea groups is 1. The Labute approximate surface area is 163 Å². The summed E-state index contributed by atoms with van der Waals surface area (Å²) in [7, 11) is 0. The second kappa shape index (κ2) is 8.22. The summed E-state index contributed by atoms with van der Waals surface area (Å²) in [5, 5.41) is 8.71. The van der Waals surface area contributed by atoms with Gasteiger partial charge in [-0.2, -0.15) is 0 Å². The lowest BCUT2D eigenvalue weighted by molar-refractivity contribution is -0.135. The van der Waals surface area contributed by atoms with E-state index in [4.69, 9.17) is 0 Å².